The van der Waals surface area contributed by atoms with Crippen molar-refractivity contribution in [2.24, 2.45) is 16.6 Å². The van der Waals surface area contributed by atoms with Crippen molar-refractivity contribution in [2.75, 3.05) is 18.5 Å². The molecule has 0 radical (unpaired) electrons. The number of nitrogens with one attached hydrogen (secondary N) is 2. The topological polar surface area (TPSA) is 115 Å². The lowest BCUT2D eigenvalue weighted by Crippen LogP contribution is -2.38. The predicted octanol–water partition coefficient (Wildman–Crippen LogP) is 0.0746. The minimum atomic E-state index is -1.25. The maximum Gasteiger partial charge on any atom is 0.320 e. The first kappa shape index (κ1) is 13.1. The van der Waals surface area contributed by atoms with Gasteiger partial charge < -0.3 is 25.5 Å². The maximum absolute atomic E-state index is 11.8. The number of ketones is 1. The van der Waals surface area contributed by atoms with E-state index in [0.717, 1.165) is 0 Å². The minimum absolute atomic E-state index is 0.0423. The van der Waals surface area contributed by atoms with Crippen molar-refractivity contribution < 1.29 is 14.3 Å². The van der Waals surface area contributed by atoms with E-state index >= 15 is 0 Å². The van der Waals surface area contributed by atoms with E-state index in [1.165, 1.54) is 0 Å². The summed E-state index contributed by atoms with van der Waals surface area (Å²) in [6.45, 7) is 4.56. The standard InChI is InChI=1S/C12H17N5O3/c1-6(2)7(18)5-8-14-9-10(15-8)16-11(13)17-12(9)19-3-4-20-12/h6H,3-5H2,1-2H3,(H,14,15)(H3,13,16,17). The summed E-state index contributed by atoms with van der Waals surface area (Å²) in [4.78, 5) is 23.4. The van der Waals surface area contributed by atoms with E-state index < -0.39 is 5.91 Å². The van der Waals surface area contributed by atoms with Crippen molar-refractivity contribution in [3.63, 3.8) is 0 Å². The summed E-state index contributed by atoms with van der Waals surface area (Å²) >= 11 is 0. The van der Waals surface area contributed by atoms with Crippen molar-refractivity contribution >= 4 is 17.6 Å². The molecule has 0 aliphatic carbocycles. The molecule has 1 aromatic heterocycles. The van der Waals surface area contributed by atoms with Crippen LogP contribution in [-0.4, -0.2) is 34.9 Å². The Balaban J connectivity index is 1.93. The lowest BCUT2D eigenvalue weighted by atomic mass is 10.1. The average molecular weight is 279 g/mol. The molecule has 3 heterocycles. The van der Waals surface area contributed by atoms with Crippen molar-refractivity contribution in [2.45, 2.75) is 26.2 Å². The SMILES string of the molecule is CC(C)C(=O)Cc1nc2c([nH]1)C1(N=C(N)N2)OCCO1. The van der Waals surface area contributed by atoms with Crippen LogP contribution in [0.5, 0.6) is 0 Å². The van der Waals surface area contributed by atoms with Gasteiger partial charge in [-0.15, -0.1) is 0 Å². The Kier molecular flexibility index (Phi) is 2.98. The van der Waals surface area contributed by atoms with E-state index in [-0.39, 0.29) is 24.1 Å². The van der Waals surface area contributed by atoms with Crippen molar-refractivity contribution in [1.29, 1.82) is 0 Å². The molecule has 8 nitrogen and oxygen atoms in total. The zero-order valence-electron chi connectivity index (χ0n) is 11.4. The first-order valence-electron chi connectivity index (χ1n) is 6.52. The molecule has 8 heteroatoms. The van der Waals surface area contributed by atoms with Crippen LogP contribution in [0.3, 0.4) is 0 Å². The van der Waals surface area contributed by atoms with E-state index in [0.29, 0.717) is 30.5 Å². The number of anilines is 1. The fraction of sp³-hybridized carbons (Fsp3) is 0.583. The number of guanidine groups is 1. The van der Waals surface area contributed by atoms with Gasteiger partial charge in [0.05, 0.1) is 19.6 Å². The number of carbonyl (C=O) groups excluding carboxylic acids is 1. The van der Waals surface area contributed by atoms with Gasteiger partial charge in [-0.1, -0.05) is 13.8 Å². The minimum Gasteiger partial charge on any atom is -0.369 e. The first-order valence-corrected chi connectivity index (χ1v) is 6.52. The number of aliphatic imine (C=N–C) groups is 1. The lowest BCUT2D eigenvalue weighted by molar-refractivity contribution is -0.161. The highest BCUT2D eigenvalue weighted by Gasteiger charge is 2.46. The second-order valence-electron chi connectivity index (χ2n) is 5.11. The predicted molar refractivity (Wildman–Crippen MR) is 71.0 cm³/mol. The van der Waals surface area contributed by atoms with Crippen LogP contribution in [0.1, 0.15) is 25.4 Å². The van der Waals surface area contributed by atoms with Gasteiger partial charge in [-0.3, -0.25) is 4.79 Å². The largest absolute Gasteiger partial charge is 0.369 e. The van der Waals surface area contributed by atoms with Crippen LogP contribution in [0.2, 0.25) is 0 Å². The highest BCUT2D eigenvalue weighted by molar-refractivity contribution is 5.94. The van der Waals surface area contributed by atoms with E-state index in [1.807, 2.05) is 13.8 Å². The number of nitrogens with zero attached hydrogens (tertiary/aromatic N) is 2. The number of Topliss-reactive ketones (excluding diaryl/α,β-unsaturated/α-hetero) is 1. The fourth-order valence-corrected chi connectivity index (χ4v) is 2.17. The Hall–Kier alpha value is -1.93. The second kappa shape index (κ2) is 4.57. The summed E-state index contributed by atoms with van der Waals surface area (Å²) in [6, 6.07) is 0. The molecular weight excluding hydrogens is 262 g/mol. The van der Waals surface area contributed by atoms with Crippen LogP contribution >= 0.6 is 0 Å². The third kappa shape index (κ3) is 2.06. The first-order chi connectivity index (χ1) is 9.50. The summed E-state index contributed by atoms with van der Waals surface area (Å²) in [6.07, 6.45) is 0.225. The normalized spacial score (nSPS) is 19.9. The van der Waals surface area contributed by atoms with E-state index in [1.54, 1.807) is 0 Å². The van der Waals surface area contributed by atoms with Gasteiger partial charge in [0.15, 0.2) is 11.8 Å². The van der Waals surface area contributed by atoms with Gasteiger partial charge in [-0.05, 0) is 0 Å². The summed E-state index contributed by atoms with van der Waals surface area (Å²) in [5.74, 6) is 0.0198. The van der Waals surface area contributed by atoms with E-state index in [9.17, 15) is 4.79 Å². The molecule has 20 heavy (non-hydrogen) atoms. The summed E-state index contributed by atoms with van der Waals surface area (Å²) in [5.41, 5.74) is 6.27. The number of nitrogens with two attached hydrogens (primary N) is 1. The number of hydrogen-bond acceptors (Lipinski definition) is 7. The van der Waals surface area contributed by atoms with Crippen molar-refractivity contribution in [3.8, 4) is 0 Å². The number of carbonyl (C=O) groups is 1. The molecule has 4 N–H and O–H groups in total. The molecule has 2 aliphatic rings. The van der Waals surface area contributed by atoms with Gasteiger partial charge in [-0.2, -0.15) is 4.99 Å². The molecular formula is C12H17N5O3. The Morgan fingerprint density at radius 1 is 1.45 bits per heavy atom. The molecule has 1 saturated heterocycles. The molecule has 0 atom stereocenters. The molecule has 0 aromatic carbocycles. The van der Waals surface area contributed by atoms with Gasteiger partial charge >= 0.3 is 5.91 Å². The van der Waals surface area contributed by atoms with Gasteiger partial charge in [0, 0.05) is 5.92 Å². The number of ether oxygens (including phenoxy) is 2. The van der Waals surface area contributed by atoms with E-state index in [2.05, 4.69) is 20.3 Å². The van der Waals surface area contributed by atoms with Gasteiger partial charge in [0.1, 0.15) is 17.3 Å². The van der Waals surface area contributed by atoms with Crippen molar-refractivity contribution in [3.05, 3.63) is 11.5 Å². The number of hydrogen-bond donors (Lipinski definition) is 3. The Morgan fingerprint density at radius 2 is 2.15 bits per heavy atom. The van der Waals surface area contributed by atoms with Crippen LogP contribution in [0.25, 0.3) is 0 Å². The van der Waals surface area contributed by atoms with Crippen LogP contribution in [0.4, 0.5) is 5.82 Å². The smallest absolute Gasteiger partial charge is 0.320 e. The maximum atomic E-state index is 11.8. The number of rotatable bonds is 3. The molecule has 3 rings (SSSR count). The molecule has 108 valence electrons. The second-order valence-corrected chi connectivity index (χ2v) is 5.11. The average Bonchev–Trinajstić information content (AvgIpc) is 2.97. The third-order valence-electron chi connectivity index (χ3n) is 3.25. The van der Waals surface area contributed by atoms with E-state index in [4.69, 9.17) is 15.2 Å². The molecule has 1 aromatic rings. The molecule has 0 saturated carbocycles. The zero-order valence-corrected chi connectivity index (χ0v) is 11.4. The van der Waals surface area contributed by atoms with Crippen LogP contribution in [0, 0.1) is 5.92 Å². The number of fused-ring (bicyclic) bond motifs is 2. The zero-order chi connectivity index (χ0) is 14.3. The van der Waals surface area contributed by atoms with Crippen LogP contribution in [0.15, 0.2) is 4.99 Å². The Morgan fingerprint density at radius 3 is 2.80 bits per heavy atom. The fourth-order valence-electron chi connectivity index (χ4n) is 2.17. The Labute approximate surface area is 115 Å². The Bertz CT molecular complexity index is 572. The van der Waals surface area contributed by atoms with Crippen LogP contribution < -0.4 is 11.1 Å². The summed E-state index contributed by atoms with van der Waals surface area (Å²) in [7, 11) is 0. The number of aromatic amines is 1. The molecule has 0 unspecified atom stereocenters. The number of H-pyrrole nitrogens is 1. The monoisotopic (exact) mass is 279 g/mol. The quantitative estimate of drug-likeness (QED) is 0.721. The third-order valence-corrected chi connectivity index (χ3v) is 3.25. The number of imidazole rings is 1. The molecule has 0 amide bonds. The van der Waals surface area contributed by atoms with Crippen LogP contribution in [-0.2, 0) is 26.6 Å². The molecule has 1 spiro atoms. The highest BCUT2D eigenvalue weighted by atomic mass is 16.8. The molecule has 1 fully saturated rings. The highest BCUT2D eigenvalue weighted by Crippen LogP contribution is 2.38. The van der Waals surface area contributed by atoms with Gasteiger partial charge in [0.25, 0.3) is 0 Å². The number of aromatic nitrogens is 2. The van der Waals surface area contributed by atoms with Crippen molar-refractivity contribution in [1.82, 2.24) is 9.97 Å². The van der Waals surface area contributed by atoms with Gasteiger partial charge in [-0.25, -0.2) is 4.98 Å². The molecule has 0 bridgehead atoms. The van der Waals surface area contributed by atoms with Gasteiger partial charge in [0.2, 0.25) is 0 Å². The summed E-state index contributed by atoms with van der Waals surface area (Å²) < 4.78 is 11.1. The molecule has 2 aliphatic heterocycles. The summed E-state index contributed by atoms with van der Waals surface area (Å²) in [5, 5.41) is 2.85. The lowest BCUT2D eigenvalue weighted by Gasteiger charge is -2.26.